The highest BCUT2D eigenvalue weighted by molar-refractivity contribution is 5.72. The van der Waals surface area contributed by atoms with E-state index in [1.165, 1.54) is 0 Å². The molecule has 0 heterocycles. The highest BCUT2D eigenvalue weighted by Gasteiger charge is 2.16. The zero-order chi connectivity index (χ0) is 14.2. The lowest BCUT2D eigenvalue weighted by Gasteiger charge is -2.19. The number of hydrogen-bond acceptors (Lipinski definition) is 5. The van der Waals surface area contributed by atoms with Gasteiger partial charge >= 0.3 is 12.1 Å². The number of nitrogens with two attached hydrogens (primary N) is 1. The van der Waals surface area contributed by atoms with Gasteiger partial charge in [-0.1, -0.05) is 0 Å². The monoisotopic (exact) mass is 262 g/mol. The molecule has 0 fully saturated rings. The average molecular weight is 262 g/mol. The molecule has 4 N–H and O–H groups in total. The molecule has 0 radical (unpaired) electrons. The summed E-state index contributed by atoms with van der Waals surface area (Å²) in [5, 5.41) is 8.54. The Labute approximate surface area is 107 Å². The molecule has 0 aromatic rings. The maximum Gasteiger partial charge on any atom is 0.431 e. The van der Waals surface area contributed by atoms with Crippen LogP contribution in [0.3, 0.4) is 0 Å². The SMILES string of the molecule is CC(C)(C)OC(=O)NOCCCC[C@H](N)C(=O)O. The minimum atomic E-state index is -1.01. The van der Waals surface area contributed by atoms with Gasteiger partial charge in [-0.3, -0.25) is 9.63 Å². The van der Waals surface area contributed by atoms with Crippen molar-refractivity contribution >= 4 is 12.1 Å². The predicted octanol–water partition coefficient (Wildman–Crippen LogP) is 1.02. The molecule has 1 atom stereocenters. The summed E-state index contributed by atoms with van der Waals surface area (Å²) in [6.07, 6.45) is 0.954. The van der Waals surface area contributed by atoms with Crippen LogP contribution >= 0.6 is 0 Å². The van der Waals surface area contributed by atoms with Crippen LogP contribution in [0.25, 0.3) is 0 Å². The van der Waals surface area contributed by atoms with Crippen molar-refractivity contribution in [1.82, 2.24) is 5.48 Å². The van der Waals surface area contributed by atoms with E-state index in [9.17, 15) is 9.59 Å². The Kier molecular flexibility index (Phi) is 7.30. The highest BCUT2D eigenvalue weighted by Crippen LogP contribution is 2.06. The van der Waals surface area contributed by atoms with Crippen LogP contribution in [0.15, 0.2) is 0 Å². The van der Waals surface area contributed by atoms with Crippen molar-refractivity contribution in [1.29, 1.82) is 0 Å². The second kappa shape index (κ2) is 7.88. The van der Waals surface area contributed by atoms with Gasteiger partial charge in [0.05, 0.1) is 6.61 Å². The van der Waals surface area contributed by atoms with Crippen molar-refractivity contribution in [3.8, 4) is 0 Å². The molecule has 0 aliphatic carbocycles. The van der Waals surface area contributed by atoms with Crippen molar-refractivity contribution < 1.29 is 24.3 Å². The van der Waals surface area contributed by atoms with Gasteiger partial charge in [-0.25, -0.2) is 4.79 Å². The van der Waals surface area contributed by atoms with Crippen LogP contribution in [0.1, 0.15) is 40.0 Å². The van der Waals surface area contributed by atoms with Crippen molar-refractivity contribution in [3.63, 3.8) is 0 Å². The highest BCUT2D eigenvalue weighted by atomic mass is 16.7. The molecular weight excluding hydrogens is 240 g/mol. The molecule has 7 nitrogen and oxygen atoms in total. The Morgan fingerprint density at radius 2 is 1.94 bits per heavy atom. The number of unbranched alkanes of at least 4 members (excludes halogenated alkanes) is 1. The first-order valence-corrected chi connectivity index (χ1v) is 5.81. The number of hydrogen-bond donors (Lipinski definition) is 3. The first-order chi connectivity index (χ1) is 8.22. The van der Waals surface area contributed by atoms with Crippen LogP contribution in [0.5, 0.6) is 0 Å². The Hall–Kier alpha value is -1.34. The van der Waals surface area contributed by atoms with E-state index in [2.05, 4.69) is 5.48 Å². The maximum atomic E-state index is 11.1. The number of nitrogens with one attached hydrogen (secondary N) is 1. The summed E-state index contributed by atoms with van der Waals surface area (Å²) < 4.78 is 4.94. The van der Waals surface area contributed by atoms with Gasteiger partial charge in [-0.2, -0.15) is 5.48 Å². The fraction of sp³-hybridized carbons (Fsp3) is 0.818. The lowest BCUT2D eigenvalue weighted by Crippen LogP contribution is -2.33. The zero-order valence-corrected chi connectivity index (χ0v) is 11.1. The molecule has 0 rings (SSSR count). The van der Waals surface area contributed by atoms with Gasteiger partial charge in [-0.05, 0) is 40.0 Å². The lowest BCUT2D eigenvalue weighted by molar-refractivity contribution is -0.138. The summed E-state index contributed by atoms with van der Waals surface area (Å²) in [5.74, 6) is -1.01. The second-order valence-corrected chi connectivity index (χ2v) is 4.89. The Balaban J connectivity index is 3.46. The van der Waals surface area contributed by atoms with Crippen LogP contribution in [0.2, 0.25) is 0 Å². The van der Waals surface area contributed by atoms with Crippen LogP contribution in [-0.2, 0) is 14.4 Å². The molecule has 0 aromatic carbocycles. The van der Waals surface area contributed by atoms with E-state index in [0.29, 0.717) is 19.3 Å². The van der Waals surface area contributed by atoms with Crippen molar-refractivity contribution in [2.45, 2.75) is 51.7 Å². The molecule has 7 heteroatoms. The van der Waals surface area contributed by atoms with Gasteiger partial charge < -0.3 is 15.6 Å². The van der Waals surface area contributed by atoms with Crippen LogP contribution in [0.4, 0.5) is 4.79 Å². The minimum Gasteiger partial charge on any atom is -0.480 e. The van der Waals surface area contributed by atoms with E-state index >= 15 is 0 Å². The van der Waals surface area contributed by atoms with Crippen molar-refractivity contribution in [3.05, 3.63) is 0 Å². The van der Waals surface area contributed by atoms with Gasteiger partial charge in [-0.15, -0.1) is 0 Å². The molecule has 0 spiro atoms. The zero-order valence-electron chi connectivity index (χ0n) is 11.1. The molecular formula is C11H22N2O5. The molecule has 0 saturated carbocycles. The molecule has 0 saturated heterocycles. The van der Waals surface area contributed by atoms with Crippen LogP contribution in [0, 0.1) is 0 Å². The van der Waals surface area contributed by atoms with E-state index < -0.39 is 23.7 Å². The standard InChI is InChI=1S/C11H22N2O5/c1-11(2,3)18-10(16)13-17-7-5-4-6-8(12)9(14)15/h8H,4-7,12H2,1-3H3,(H,13,16)(H,14,15)/t8-/m0/s1. The number of carboxylic acids is 1. The summed E-state index contributed by atoms with van der Waals surface area (Å²) in [4.78, 5) is 26.4. The van der Waals surface area contributed by atoms with E-state index in [4.69, 9.17) is 20.4 Å². The summed E-state index contributed by atoms with van der Waals surface area (Å²) in [5.41, 5.74) is 6.89. The third-order valence-corrected chi connectivity index (χ3v) is 1.88. The fourth-order valence-corrected chi connectivity index (χ4v) is 1.07. The van der Waals surface area contributed by atoms with Gasteiger partial charge in [0.1, 0.15) is 11.6 Å². The van der Waals surface area contributed by atoms with E-state index in [0.717, 1.165) is 0 Å². The summed E-state index contributed by atoms with van der Waals surface area (Å²) in [7, 11) is 0. The number of hydroxylamine groups is 1. The first kappa shape index (κ1) is 16.7. The topological polar surface area (TPSA) is 111 Å². The number of aliphatic carboxylic acids is 1. The molecule has 0 unspecified atom stereocenters. The average Bonchev–Trinajstić information content (AvgIpc) is 2.19. The molecule has 18 heavy (non-hydrogen) atoms. The summed E-state index contributed by atoms with van der Waals surface area (Å²) >= 11 is 0. The largest absolute Gasteiger partial charge is 0.480 e. The second-order valence-electron chi connectivity index (χ2n) is 4.89. The summed E-state index contributed by atoms with van der Waals surface area (Å²) in [6.45, 7) is 5.53. The van der Waals surface area contributed by atoms with Gasteiger partial charge in [0.2, 0.25) is 0 Å². The van der Waals surface area contributed by atoms with Crippen LogP contribution in [-0.4, -0.2) is 35.4 Å². The Bertz CT molecular complexity index is 275. The molecule has 0 bridgehead atoms. The summed E-state index contributed by atoms with van der Waals surface area (Å²) in [6, 6.07) is -0.844. The minimum absolute atomic E-state index is 0.283. The fourth-order valence-electron chi connectivity index (χ4n) is 1.07. The van der Waals surface area contributed by atoms with Gasteiger partial charge in [0, 0.05) is 0 Å². The van der Waals surface area contributed by atoms with Crippen molar-refractivity contribution in [2.24, 2.45) is 5.73 Å². The van der Waals surface area contributed by atoms with Gasteiger partial charge in [0.15, 0.2) is 0 Å². The Morgan fingerprint density at radius 1 is 1.33 bits per heavy atom. The molecule has 0 aromatic heterocycles. The van der Waals surface area contributed by atoms with E-state index in [-0.39, 0.29) is 6.61 Å². The Morgan fingerprint density at radius 3 is 2.44 bits per heavy atom. The maximum absolute atomic E-state index is 11.1. The van der Waals surface area contributed by atoms with Crippen molar-refractivity contribution in [2.75, 3.05) is 6.61 Å². The van der Waals surface area contributed by atoms with Gasteiger partial charge in [0.25, 0.3) is 0 Å². The third kappa shape index (κ3) is 9.86. The number of rotatable bonds is 7. The molecule has 1 amide bonds. The lowest BCUT2D eigenvalue weighted by atomic mass is 10.1. The molecule has 0 aliphatic rings. The number of carbonyl (C=O) groups is 2. The quantitative estimate of drug-likeness (QED) is 0.466. The van der Waals surface area contributed by atoms with E-state index in [1.807, 2.05) is 0 Å². The predicted molar refractivity (Wildman–Crippen MR) is 64.8 cm³/mol. The van der Waals surface area contributed by atoms with Crippen LogP contribution < -0.4 is 11.2 Å². The van der Waals surface area contributed by atoms with E-state index in [1.54, 1.807) is 20.8 Å². The third-order valence-electron chi connectivity index (χ3n) is 1.88. The molecule has 0 aliphatic heterocycles. The number of carboxylic acid groups (broad SMARTS) is 1. The number of amides is 1. The smallest absolute Gasteiger partial charge is 0.431 e. The molecule has 106 valence electrons. The number of ether oxygens (including phenoxy) is 1. The first-order valence-electron chi connectivity index (χ1n) is 5.81. The number of carbonyl (C=O) groups excluding carboxylic acids is 1. The normalized spacial score (nSPS) is 12.9.